The van der Waals surface area contributed by atoms with Gasteiger partial charge in [0, 0.05) is 10.7 Å². The molecule has 1 unspecified atom stereocenters. The van der Waals surface area contributed by atoms with Gasteiger partial charge in [-0.25, -0.2) is 8.42 Å². The lowest BCUT2D eigenvalue weighted by molar-refractivity contribution is 0.143. The van der Waals surface area contributed by atoms with E-state index in [4.69, 9.17) is 20.2 Å². The summed E-state index contributed by atoms with van der Waals surface area (Å²) in [6.07, 6.45) is 0. The van der Waals surface area contributed by atoms with Crippen LogP contribution in [-0.2, 0) is 9.05 Å². The van der Waals surface area contributed by atoms with Crippen molar-refractivity contribution in [2.24, 2.45) is 0 Å². The van der Waals surface area contributed by atoms with Crippen molar-refractivity contribution in [2.75, 3.05) is 6.61 Å². The molecule has 0 spiro atoms. The molecule has 1 aliphatic heterocycles. The Labute approximate surface area is 85.8 Å². The average molecular weight is 235 g/mol. The molecule has 1 heterocycles. The lowest BCUT2D eigenvalue weighted by Crippen LogP contribution is -2.33. The standard InChI is InChI=1S/C8H7ClO4S/c9-14(10,11)8-5-12-6-3-1-2-4-7(6)13-8/h1-4,8H,5H2. The van der Waals surface area contributed by atoms with Crippen LogP contribution in [0.4, 0.5) is 0 Å². The molecule has 76 valence electrons. The molecule has 0 aromatic heterocycles. The fourth-order valence-corrected chi connectivity index (χ4v) is 1.85. The van der Waals surface area contributed by atoms with E-state index in [0.29, 0.717) is 11.5 Å². The van der Waals surface area contributed by atoms with E-state index in [1.54, 1.807) is 24.3 Å². The second kappa shape index (κ2) is 3.33. The second-order valence-electron chi connectivity index (χ2n) is 2.78. The largest absolute Gasteiger partial charge is 0.485 e. The van der Waals surface area contributed by atoms with E-state index in [1.165, 1.54) is 0 Å². The zero-order valence-electron chi connectivity index (χ0n) is 7.01. The van der Waals surface area contributed by atoms with Gasteiger partial charge in [-0.1, -0.05) is 12.1 Å². The normalized spacial score (nSPS) is 20.5. The summed E-state index contributed by atoms with van der Waals surface area (Å²) in [4.78, 5) is 0. The Kier molecular flexibility index (Phi) is 2.28. The van der Waals surface area contributed by atoms with Gasteiger partial charge in [0.05, 0.1) is 0 Å². The van der Waals surface area contributed by atoms with Gasteiger partial charge in [-0.15, -0.1) is 0 Å². The molecule has 0 fully saturated rings. The number of para-hydroxylation sites is 2. The first-order chi connectivity index (χ1) is 6.57. The van der Waals surface area contributed by atoms with Gasteiger partial charge < -0.3 is 9.47 Å². The SMILES string of the molecule is O=S(=O)(Cl)C1COc2ccccc2O1. The van der Waals surface area contributed by atoms with Crippen molar-refractivity contribution in [2.45, 2.75) is 5.44 Å². The van der Waals surface area contributed by atoms with Crippen molar-refractivity contribution < 1.29 is 17.9 Å². The van der Waals surface area contributed by atoms with Crippen LogP contribution >= 0.6 is 10.7 Å². The first-order valence-corrected chi connectivity index (χ1v) is 6.26. The predicted molar refractivity (Wildman–Crippen MR) is 51.1 cm³/mol. The minimum Gasteiger partial charge on any atom is -0.485 e. The van der Waals surface area contributed by atoms with Crippen molar-refractivity contribution in [3.63, 3.8) is 0 Å². The van der Waals surface area contributed by atoms with Crippen LogP contribution in [0.1, 0.15) is 0 Å². The highest BCUT2D eigenvalue weighted by atomic mass is 35.7. The topological polar surface area (TPSA) is 52.6 Å². The van der Waals surface area contributed by atoms with Crippen LogP contribution in [0, 0.1) is 0 Å². The fraction of sp³-hybridized carbons (Fsp3) is 0.250. The highest BCUT2D eigenvalue weighted by Crippen LogP contribution is 2.32. The van der Waals surface area contributed by atoms with Gasteiger partial charge in [-0.05, 0) is 12.1 Å². The molecule has 0 amide bonds. The molecule has 0 saturated heterocycles. The molecule has 6 heteroatoms. The molecule has 0 radical (unpaired) electrons. The Bertz CT molecular complexity index is 442. The summed E-state index contributed by atoms with van der Waals surface area (Å²) in [5, 5.41) is 0. The van der Waals surface area contributed by atoms with Crippen molar-refractivity contribution >= 4 is 19.7 Å². The Morgan fingerprint density at radius 2 is 1.93 bits per heavy atom. The van der Waals surface area contributed by atoms with Crippen molar-refractivity contribution in [1.82, 2.24) is 0 Å². The third-order valence-electron chi connectivity index (χ3n) is 1.80. The number of halogens is 1. The Hall–Kier alpha value is -0.940. The first-order valence-electron chi connectivity index (χ1n) is 3.89. The Balaban J connectivity index is 2.30. The molecule has 0 aliphatic carbocycles. The molecule has 4 nitrogen and oxygen atoms in total. The maximum atomic E-state index is 11.0. The highest BCUT2D eigenvalue weighted by Gasteiger charge is 2.30. The zero-order valence-corrected chi connectivity index (χ0v) is 8.59. The van der Waals surface area contributed by atoms with Crippen LogP contribution in [0.25, 0.3) is 0 Å². The number of fused-ring (bicyclic) bond motifs is 1. The quantitative estimate of drug-likeness (QED) is 0.689. The average Bonchev–Trinajstić information content (AvgIpc) is 2.16. The molecular weight excluding hydrogens is 228 g/mol. The molecule has 2 rings (SSSR count). The number of benzene rings is 1. The third-order valence-corrected chi connectivity index (χ3v) is 3.25. The predicted octanol–water partition coefficient (Wildman–Crippen LogP) is 1.35. The summed E-state index contributed by atoms with van der Waals surface area (Å²) in [7, 11) is 1.40. The van der Waals surface area contributed by atoms with Crippen LogP contribution < -0.4 is 9.47 Å². The molecule has 1 aliphatic rings. The minimum atomic E-state index is -3.74. The molecule has 0 N–H and O–H groups in total. The van der Waals surface area contributed by atoms with E-state index >= 15 is 0 Å². The number of rotatable bonds is 1. The van der Waals surface area contributed by atoms with Gasteiger partial charge in [0.1, 0.15) is 6.61 Å². The second-order valence-corrected chi connectivity index (χ2v) is 5.55. The van der Waals surface area contributed by atoms with Gasteiger partial charge in [-0.2, -0.15) is 0 Å². The Morgan fingerprint density at radius 1 is 1.29 bits per heavy atom. The van der Waals surface area contributed by atoms with Crippen LogP contribution in [0.2, 0.25) is 0 Å². The van der Waals surface area contributed by atoms with Gasteiger partial charge in [0.2, 0.25) is 5.44 Å². The van der Waals surface area contributed by atoms with E-state index in [-0.39, 0.29) is 6.61 Å². The maximum Gasteiger partial charge on any atom is 0.274 e. The van der Waals surface area contributed by atoms with E-state index in [2.05, 4.69) is 0 Å². The van der Waals surface area contributed by atoms with Gasteiger partial charge in [0.15, 0.2) is 11.5 Å². The number of hydrogen-bond acceptors (Lipinski definition) is 4. The van der Waals surface area contributed by atoms with Gasteiger partial charge >= 0.3 is 0 Å². The summed E-state index contributed by atoms with van der Waals surface area (Å²) in [6.45, 7) is -0.0805. The summed E-state index contributed by atoms with van der Waals surface area (Å²) in [5.74, 6) is 0.928. The van der Waals surface area contributed by atoms with Gasteiger partial charge in [-0.3, -0.25) is 0 Å². The van der Waals surface area contributed by atoms with Gasteiger partial charge in [0.25, 0.3) is 9.05 Å². The van der Waals surface area contributed by atoms with E-state index in [1.807, 2.05) is 0 Å². The summed E-state index contributed by atoms with van der Waals surface area (Å²) in [6, 6.07) is 6.83. The fourth-order valence-electron chi connectivity index (χ4n) is 1.14. The lowest BCUT2D eigenvalue weighted by atomic mass is 10.3. The molecule has 1 aromatic rings. The van der Waals surface area contributed by atoms with E-state index in [0.717, 1.165) is 0 Å². The van der Waals surface area contributed by atoms with Crippen LogP contribution in [0.15, 0.2) is 24.3 Å². The number of hydrogen-bond donors (Lipinski definition) is 0. The van der Waals surface area contributed by atoms with Crippen LogP contribution in [-0.4, -0.2) is 20.5 Å². The number of ether oxygens (including phenoxy) is 2. The molecule has 1 atom stereocenters. The van der Waals surface area contributed by atoms with Crippen LogP contribution in [0.3, 0.4) is 0 Å². The minimum absolute atomic E-state index is 0.0805. The third kappa shape index (κ3) is 1.78. The van der Waals surface area contributed by atoms with Crippen molar-refractivity contribution in [3.05, 3.63) is 24.3 Å². The monoisotopic (exact) mass is 234 g/mol. The first kappa shape index (κ1) is 9.61. The van der Waals surface area contributed by atoms with E-state index in [9.17, 15) is 8.42 Å². The smallest absolute Gasteiger partial charge is 0.274 e. The highest BCUT2D eigenvalue weighted by molar-refractivity contribution is 8.14. The lowest BCUT2D eigenvalue weighted by Gasteiger charge is -2.23. The Morgan fingerprint density at radius 3 is 2.57 bits per heavy atom. The molecule has 1 aromatic carbocycles. The van der Waals surface area contributed by atoms with E-state index < -0.39 is 14.5 Å². The molecule has 0 bridgehead atoms. The molecular formula is C8H7ClO4S. The summed E-state index contributed by atoms with van der Waals surface area (Å²) < 4.78 is 32.2. The molecule has 0 saturated carbocycles. The van der Waals surface area contributed by atoms with Crippen molar-refractivity contribution in [3.8, 4) is 11.5 Å². The summed E-state index contributed by atoms with van der Waals surface area (Å²) in [5.41, 5.74) is -1.13. The van der Waals surface area contributed by atoms with Crippen molar-refractivity contribution in [1.29, 1.82) is 0 Å². The molecule has 14 heavy (non-hydrogen) atoms. The zero-order chi connectivity index (χ0) is 10.2. The van der Waals surface area contributed by atoms with Crippen LogP contribution in [0.5, 0.6) is 11.5 Å². The maximum absolute atomic E-state index is 11.0. The summed E-state index contributed by atoms with van der Waals surface area (Å²) >= 11 is 0.